The number of fused-ring (bicyclic) bond motifs is 1. The van der Waals surface area contributed by atoms with Gasteiger partial charge in [-0.1, -0.05) is 24.3 Å². The Kier molecular flexibility index (Phi) is 5.87. The number of likely N-dealkylation sites (tertiary alicyclic amines) is 1. The standard InChI is InChI=1S/C27H30FN3O4/c1-17(2)31-25(33)21-7-5-4-6-20(21)23(26(34)29-10-12-35-13-11-29)27(31)15-30(16-27)24(32)22-14-19(28)9-8-18(22)3/h4-9,14,17,23H,10-13,15-16H2,1-3H3. The van der Waals surface area contributed by atoms with E-state index in [-0.39, 0.29) is 36.9 Å². The van der Waals surface area contributed by atoms with Crippen LogP contribution in [0.5, 0.6) is 0 Å². The minimum atomic E-state index is -0.869. The van der Waals surface area contributed by atoms with E-state index in [9.17, 15) is 18.8 Å². The van der Waals surface area contributed by atoms with E-state index in [0.717, 1.165) is 0 Å². The number of carbonyl (C=O) groups is 3. The number of hydrogen-bond donors (Lipinski definition) is 0. The summed E-state index contributed by atoms with van der Waals surface area (Å²) in [4.78, 5) is 46.3. The van der Waals surface area contributed by atoms with Crippen molar-refractivity contribution >= 4 is 17.7 Å². The molecule has 1 unspecified atom stereocenters. The highest BCUT2D eigenvalue weighted by atomic mass is 19.1. The van der Waals surface area contributed by atoms with Crippen molar-refractivity contribution in [2.75, 3.05) is 39.4 Å². The number of amides is 3. The summed E-state index contributed by atoms with van der Waals surface area (Å²) in [7, 11) is 0. The fourth-order valence-corrected chi connectivity index (χ4v) is 5.87. The minimum absolute atomic E-state index is 0.0482. The van der Waals surface area contributed by atoms with E-state index in [4.69, 9.17) is 4.74 Å². The first-order valence-corrected chi connectivity index (χ1v) is 12.1. The summed E-state index contributed by atoms with van der Waals surface area (Å²) in [5.41, 5.74) is 1.36. The second kappa shape index (κ2) is 8.75. The molecule has 1 spiro atoms. The normalized spacial score (nSPS) is 21.2. The van der Waals surface area contributed by atoms with Gasteiger partial charge in [0, 0.05) is 43.3 Å². The minimum Gasteiger partial charge on any atom is -0.378 e. The number of ether oxygens (including phenoxy) is 1. The summed E-state index contributed by atoms with van der Waals surface area (Å²) in [6.07, 6.45) is 0. The van der Waals surface area contributed by atoms with Gasteiger partial charge < -0.3 is 19.4 Å². The number of rotatable bonds is 3. The van der Waals surface area contributed by atoms with Gasteiger partial charge in [0.05, 0.1) is 24.7 Å². The van der Waals surface area contributed by atoms with Crippen molar-refractivity contribution in [1.29, 1.82) is 0 Å². The number of aryl methyl sites for hydroxylation is 1. The first kappa shape index (κ1) is 23.5. The predicted octanol–water partition coefficient (Wildman–Crippen LogP) is 2.84. The molecule has 3 aliphatic heterocycles. The van der Waals surface area contributed by atoms with Gasteiger partial charge in [0.2, 0.25) is 5.91 Å². The SMILES string of the molecule is Cc1ccc(F)cc1C(=O)N1CC2(C1)C(C(=O)N1CCOCC1)c1ccccc1C(=O)N2C(C)C. The van der Waals surface area contributed by atoms with E-state index in [1.807, 2.05) is 36.9 Å². The Hall–Kier alpha value is -3.26. The first-order chi connectivity index (χ1) is 16.7. The molecule has 1 atom stereocenters. The zero-order valence-corrected chi connectivity index (χ0v) is 20.3. The van der Waals surface area contributed by atoms with E-state index < -0.39 is 17.3 Å². The molecule has 3 heterocycles. The van der Waals surface area contributed by atoms with Crippen molar-refractivity contribution in [3.63, 3.8) is 0 Å². The lowest BCUT2D eigenvalue weighted by Gasteiger charge is -2.62. The average Bonchev–Trinajstić information content (AvgIpc) is 2.83. The maximum atomic E-state index is 14.0. The topological polar surface area (TPSA) is 70.2 Å². The molecule has 3 amide bonds. The molecule has 0 radical (unpaired) electrons. The molecule has 35 heavy (non-hydrogen) atoms. The van der Waals surface area contributed by atoms with Crippen LogP contribution in [0.1, 0.15) is 51.6 Å². The summed E-state index contributed by atoms with van der Waals surface area (Å²) in [6.45, 7) is 8.00. The molecule has 7 nitrogen and oxygen atoms in total. The second-order valence-corrected chi connectivity index (χ2v) is 9.95. The van der Waals surface area contributed by atoms with Crippen LogP contribution in [0.25, 0.3) is 0 Å². The van der Waals surface area contributed by atoms with Gasteiger partial charge in [-0.3, -0.25) is 14.4 Å². The maximum absolute atomic E-state index is 14.0. The highest BCUT2D eigenvalue weighted by Gasteiger charge is 2.62. The Balaban J connectivity index is 1.56. The zero-order valence-electron chi connectivity index (χ0n) is 20.3. The molecular weight excluding hydrogens is 449 g/mol. The smallest absolute Gasteiger partial charge is 0.255 e. The van der Waals surface area contributed by atoms with E-state index in [1.165, 1.54) is 12.1 Å². The van der Waals surface area contributed by atoms with Crippen LogP contribution in [0, 0.1) is 12.7 Å². The molecular formula is C27H30FN3O4. The van der Waals surface area contributed by atoms with Gasteiger partial charge in [-0.2, -0.15) is 0 Å². The number of benzene rings is 2. The Morgan fingerprint density at radius 1 is 1.06 bits per heavy atom. The van der Waals surface area contributed by atoms with Gasteiger partial charge in [-0.25, -0.2) is 4.39 Å². The lowest BCUT2D eigenvalue weighted by atomic mass is 9.66. The molecule has 0 aromatic heterocycles. The number of morpholine rings is 1. The predicted molar refractivity (Wildman–Crippen MR) is 128 cm³/mol. The maximum Gasteiger partial charge on any atom is 0.255 e. The molecule has 0 bridgehead atoms. The molecule has 5 rings (SSSR count). The van der Waals surface area contributed by atoms with Crippen molar-refractivity contribution in [2.45, 2.75) is 38.3 Å². The van der Waals surface area contributed by atoms with Gasteiger partial charge in [-0.05, 0) is 50.1 Å². The van der Waals surface area contributed by atoms with Gasteiger partial charge in [0.25, 0.3) is 11.8 Å². The molecule has 0 N–H and O–H groups in total. The molecule has 3 aliphatic rings. The van der Waals surface area contributed by atoms with Crippen molar-refractivity contribution in [2.24, 2.45) is 0 Å². The number of nitrogens with zero attached hydrogens (tertiary/aromatic N) is 3. The fraction of sp³-hybridized carbons (Fsp3) is 0.444. The Morgan fingerprint density at radius 3 is 2.43 bits per heavy atom. The lowest BCUT2D eigenvalue weighted by Crippen LogP contribution is -2.78. The largest absolute Gasteiger partial charge is 0.378 e. The van der Waals surface area contributed by atoms with E-state index in [1.54, 1.807) is 28.9 Å². The van der Waals surface area contributed by atoms with E-state index in [2.05, 4.69) is 0 Å². The summed E-state index contributed by atoms with van der Waals surface area (Å²) < 4.78 is 19.4. The van der Waals surface area contributed by atoms with Crippen LogP contribution in [-0.2, 0) is 9.53 Å². The summed E-state index contributed by atoms with van der Waals surface area (Å²) >= 11 is 0. The zero-order chi connectivity index (χ0) is 24.9. The van der Waals surface area contributed by atoms with Crippen LogP contribution in [0.2, 0.25) is 0 Å². The van der Waals surface area contributed by atoms with Crippen LogP contribution in [-0.4, -0.2) is 83.4 Å². The van der Waals surface area contributed by atoms with Crippen molar-refractivity contribution < 1.29 is 23.5 Å². The van der Waals surface area contributed by atoms with Gasteiger partial charge in [0.15, 0.2) is 0 Å². The Labute approximate surface area is 204 Å². The molecule has 2 fully saturated rings. The summed E-state index contributed by atoms with van der Waals surface area (Å²) in [5, 5.41) is 0. The highest BCUT2D eigenvalue weighted by molar-refractivity contribution is 6.03. The molecule has 2 saturated heterocycles. The van der Waals surface area contributed by atoms with Crippen molar-refractivity contribution in [1.82, 2.24) is 14.7 Å². The van der Waals surface area contributed by atoms with Crippen LogP contribution < -0.4 is 0 Å². The molecule has 0 saturated carbocycles. The van der Waals surface area contributed by atoms with E-state index >= 15 is 0 Å². The van der Waals surface area contributed by atoms with Gasteiger partial charge in [0.1, 0.15) is 5.82 Å². The Bertz CT molecular complexity index is 1180. The third-order valence-electron chi connectivity index (χ3n) is 7.47. The van der Waals surface area contributed by atoms with Crippen LogP contribution >= 0.6 is 0 Å². The second-order valence-electron chi connectivity index (χ2n) is 9.95. The van der Waals surface area contributed by atoms with Crippen LogP contribution in [0.3, 0.4) is 0 Å². The number of hydrogen-bond acceptors (Lipinski definition) is 4. The molecule has 0 aliphatic carbocycles. The third kappa shape index (κ3) is 3.71. The molecule has 2 aromatic carbocycles. The van der Waals surface area contributed by atoms with Crippen LogP contribution in [0.4, 0.5) is 4.39 Å². The number of halogens is 1. The molecule has 2 aromatic rings. The quantitative estimate of drug-likeness (QED) is 0.679. The summed E-state index contributed by atoms with van der Waals surface area (Å²) in [5.74, 6) is -1.54. The summed E-state index contributed by atoms with van der Waals surface area (Å²) in [6, 6.07) is 11.3. The monoisotopic (exact) mass is 479 g/mol. The van der Waals surface area contributed by atoms with Crippen LogP contribution in [0.15, 0.2) is 42.5 Å². The van der Waals surface area contributed by atoms with Crippen molar-refractivity contribution in [3.05, 3.63) is 70.5 Å². The fourth-order valence-electron chi connectivity index (χ4n) is 5.87. The third-order valence-corrected chi connectivity index (χ3v) is 7.47. The lowest BCUT2D eigenvalue weighted by molar-refractivity contribution is -0.146. The first-order valence-electron chi connectivity index (χ1n) is 12.1. The van der Waals surface area contributed by atoms with E-state index in [0.29, 0.717) is 48.6 Å². The van der Waals surface area contributed by atoms with Crippen molar-refractivity contribution in [3.8, 4) is 0 Å². The Morgan fingerprint density at radius 2 is 1.74 bits per heavy atom. The van der Waals surface area contributed by atoms with Gasteiger partial charge >= 0.3 is 0 Å². The highest BCUT2D eigenvalue weighted by Crippen LogP contribution is 2.48. The van der Waals surface area contributed by atoms with Gasteiger partial charge in [-0.15, -0.1) is 0 Å². The average molecular weight is 480 g/mol. The number of carbonyl (C=O) groups excluding carboxylic acids is 3. The molecule has 184 valence electrons. The molecule has 8 heteroatoms.